The summed E-state index contributed by atoms with van der Waals surface area (Å²) in [5.41, 5.74) is 5.41. The van der Waals surface area contributed by atoms with E-state index in [1.807, 2.05) is 0 Å². The van der Waals surface area contributed by atoms with E-state index in [0.29, 0.717) is 0 Å². The van der Waals surface area contributed by atoms with Crippen molar-refractivity contribution < 1.29 is 0 Å². The molecule has 1 aromatic carbocycles. The summed E-state index contributed by atoms with van der Waals surface area (Å²) < 4.78 is 0. The molecule has 68 valence electrons. The molecule has 1 aliphatic carbocycles. The summed E-state index contributed by atoms with van der Waals surface area (Å²) in [5.74, 6) is 0. The SMILES string of the molecule is CC(Nc1ccc(C)cc1)=C1CC1. The number of hydrogen-bond acceptors (Lipinski definition) is 1. The zero-order chi connectivity index (χ0) is 9.26. The Labute approximate surface area is 79.5 Å². The second-order valence-electron chi connectivity index (χ2n) is 3.72. The first-order chi connectivity index (χ1) is 6.25. The van der Waals surface area contributed by atoms with Crippen molar-refractivity contribution in [3.05, 3.63) is 41.1 Å². The lowest BCUT2D eigenvalue weighted by Gasteiger charge is -2.05. The van der Waals surface area contributed by atoms with E-state index in [4.69, 9.17) is 0 Å². The third kappa shape index (κ3) is 2.11. The van der Waals surface area contributed by atoms with Crippen molar-refractivity contribution in [3.63, 3.8) is 0 Å². The summed E-state index contributed by atoms with van der Waals surface area (Å²) in [4.78, 5) is 0. The molecule has 1 saturated carbocycles. The maximum atomic E-state index is 3.41. The Morgan fingerprint density at radius 1 is 1.15 bits per heavy atom. The van der Waals surface area contributed by atoms with E-state index in [1.54, 1.807) is 5.57 Å². The average Bonchev–Trinajstić information content (AvgIpc) is 2.91. The molecule has 1 fully saturated rings. The van der Waals surface area contributed by atoms with Crippen molar-refractivity contribution >= 4 is 5.69 Å². The van der Waals surface area contributed by atoms with Crippen LogP contribution in [0.3, 0.4) is 0 Å². The molecule has 2 rings (SSSR count). The largest absolute Gasteiger partial charge is 0.359 e. The molecule has 13 heavy (non-hydrogen) atoms. The fourth-order valence-corrected chi connectivity index (χ4v) is 1.38. The normalized spacial score (nSPS) is 14.2. The molecule has 0 saturated heterocycles. The lowest BCUT2D eigenvalue weighted by molar-refractivity contribution is 1.34. The van der Waals surface area contributed by atoms with E-state index >= 15 is 0 Å². The van der Waals surface area contributed by atoms with Crippen LogP contribution in [0.2, 0.25) is 0 Å². The lowest BCUT2D eigenvalue weighted by Crippen LogP contribution is -1.94. The molecule has 1 N–H and O–H groups in total. The molecular formula is C12H15N. The maximum Gasteiger partial charge on any atom is 0.0381 e. The van der Waals surface area contributed by atoms with Crippen molar-refractivity contribution in [2.75, 3.05) is 5.32 Å². The first-order valence-corrected chi connectivity index (χ1v) is 4.78. The van der Waals surface area contributed by atoms with Crippen LogP contribution in [0.1, 0.15) is 25.3 Å². The van der Waals surface area contributed by atoms with Gasteiger partial charge in [0, 0.05) is 11.4 Å². The summed E-state index contributed by atoms with van der Waals surface area (Å²) >= 11 is 0. The number of aryl methyl sites for hydroxylation is 1. The van der Waals surface area contributed by atoms with Gasteiger partial charge in [0.1, 0.15) is 0 Å². The van der Waals surface area contributed by atoms with Gasteiger partial charge < -0.3 is 5.32 Å². The topological polar surface area (TPSA) is 12.0 Å². The van der Waals surface area contributed by atoms with Crippen LogP contribution in [0.15, 0.2) is 35.5 Å². The highest BCUT2D eigenvalue weighted by atomic mass is 14.9. The highest BCUT2D eigenvalue weighted by Crippen LogP contribution is 2.31. The third-order valence-electron chi connectivity index (χ3n) is 2.41. The van der Waals surface area contributed by atoms with Crippen molar-refractivity contribution in [1.29, 1.82) is 0 Å². The Hall–Kier alpha value is -1.24. The molecule has 0 spiro atoms. The van der Waals surface area contributed by atoms with Crippen LogP contribution in [0, 0.1) is 6.92 Å². The minimum absolute atomic E-state index is 1.20. The van der Waals surface area contributed by atoms with Crippen LogP contribution in [0.25, 0.3) is 0 Å². The Bertz CT molecular complexity index is 327. The van der Waals surface area contributed by atoms with Gasteiger partial charge in [0.05, 0.1) is 0 Å². The zero-order valence-corrected chi connectivity index (χ0v) is 8.22. The van der Waals surface area contributed by atoms with Crippen molar-refractivity contribution in [3.8, 4) is 0 Å². The molecule has 1 nitrogen and oxygen atoms in total. The monoisotopic (exact) mass is 173 g/mol. The summed E-state index contributed by atoms with van der Waals surface area (Å²) in [6.45, 7) is 4.26. The second kappa shape index (κ2) is 3.25. The second-order valence-corrected chi connectivity index (χ2v) is 3.72. The molecule has 0 unspecified atom stereocenters. The Morgan fingerprint density at radius 2 is 1.77 bits per heavy atom. The molecule has 0 atom stereocenters. The van der Waals surface area contributed by atoms with Crippen LogP contribution >= 0.6 is 0 Å². The number of nitrogens with one attached hydrogen (secondary N) is 1. The van der Waals surface area contributed by atoms with E-state index in [1.165, 1.54) is 29.8 Å². The van der Waals surface area contributed by atoms with Crippen LogP contribution in [0.5, 0.6) is 0 Å². The van der Waals surface area contributed by atoms with Gasteiger partial charge in [-0.2, -0.15) is 0 Å². The maximum absolute atomic E-state index is 3.41. The quantitative estimate of drug-likeness (QED) is 0.722. The van der Waals surface area contributed by atoms with Gasteiger partial charge in [0.15, 0.2) is 0 Å². The first kappa shape index (κ1) is 8.36. The predicted molar refractivity (Wildman–Crippen MR) is 56.7 cm³/mol. The van der Waals surface area contributed by atoms with Crippen molar-refractivity contribution in [2.45, 2.75) is 26.7 Å². The van der Waals surface area contributed by atoms with Crippen LogP contribution in [-0.2, 0) is 0 Å². The van der Waals surface area contributed by atoms with Crippen molar-refractivity contribution in [1.82, 2.24) is 0 Å². The minimum Gasteiger partial charge on any atom is -0.359 e. The number of allylic oxidation sites excluding steroid dienone is 2. The molecule has 0 radical (unpaired) electrons. The van der Waals surface area contributed by atoms with Gasteiger partial charge in [-0.3, -0.25) is 0 Å². The van der Waals surface area contributed by atoms with Gasteiger partial charge in [0.2, 0.25) is 0 Å². The molecular weight excluding hydrogens is 158 g/mol. The Kier molecular flexibility index (Phi) is 2.09. The van der Waals surface area contributed by atoms with Gasteiger partial charge in [-0.25, -0.2) is 0 Å². The molecule has 0 aromatic heterocycles. The molecule has 0 bridgehead atoms. The van der Waals surface area contributed by atoms with Gasteiger partial charge in [-0.15, -0.1) is 0 Å². The highest BCUT2D eigenvalue weighted by Gasteiger charge is 2.14. The first-order valence-electron chi connectivity index (χ1n) is 4.78. The van der Waals surface area contributed by atoms with Crippen LogP contribution in [-0.4, -0.2) is 0 Å². The van der Waals surface area contributed by atoms with E-state index in [2.05, 4.69) is 43.4 Å². The Morgan fingerprint density at radius 3 is 2.31 bits per heavy atom. The van der Waals surface area contributed by atoms with E-state index in [9.17, 15) is 0 Å². The summed E-state index contributed by atoms with van der Waals surface area (Å²) in [7, 11) is 0. The van der Waals surface area contributed by atoms with E-state index in [0.717, 1.165) is 0 Å². The number of hydrogen-bond donors (Lipinski definition) is 1. The van der Waals surface area contributed by atoms with Gasteiger partial charge in [0.25, 0.3) is 0 Å². The van der Waals surface area contributed by atoms with Crippen LogP contribution < -0.4 is 5.32 Å². The molecule has 0 heterocycles. The zero-order valence-electron chi connectivity index (χ0n) is 8.22. The van der Waals surface area contributed by atoms with E-state index in [-0.39, 0.29) is 0 Å². The average molecular weight is 173 g/mol. The fraction of sp³-hybridized carbons (Fsp3) is 0.333. The Balaban J connectivity index is 2.10. The standard InChI is InChI=1S/C12H15N/c1-9-3-7-12(8-4-9)13-10(2)11-5-6-11/h3-4,7-8,13H,5-6H2,1-2H3. The van der Waals surface area contributed by atoms with Gasteiger partial charge >= 0.3 is 0 Å². The molecule has 0 amide bonds. The summed E-state index contributed by atoms with van der Waals surface area (Å²) in [6, 6.07) is 8.52. The number of rotatable bonds is 2. The smallest absolute Gasteiger partial charge is 0.0381 e. The number of benzene rings is 1. The molecule has 1 aromatic rings. The molecule has 1 aliphatic rings. The minimum atomic E-state index is 1.20. The van der Waals surface area contributed by atoms with Crippen LogP contribution in [0.4, 0.5) is 5.69 Å². The predicted octanol–water partition coefficient (Wildman–Crippen LogP) is 3.47. The van der Waals surface area contributed by atoms with Gasteiger partial charge in [-0.05, 0) is 38.8 Å². The lowest BCUT2D eigenvalue weighted by atomic mass is 10.2. The molecule has 0 aliphatic heterocycles. The third-order valence-corrected chi connectivity index (χ3v) is 2.41. The summed E-state index contributed by atoms with van der Waals surface area (Å²) in [6.07, 6.45) is 2.56. The number of anilines is 1. The van der Waals surface area contributed by atoms with Gasteiger partial charge in [-0.1, -0.05) is 23.3 Å². The summed E-state index contributed by atoms with van der Waals surface area (Å²) in [5, 5.41) is 3.41. The molecule has 1 heteroatoms. The van der Waals surface area contributed by atoms with Crippen molar-refractivity contribution in [2.24, 2.45) is 0 Å². The highest BCUT2D eigenvalue weighted by molar-refractivity contribution is 5.50. The van der Waals surface area contributed by atoms with E-state index < -0.39 is 0 Å². The fourth-order valence-electron chi connectivity index (χ4n) is 1.38.